The zero-order valence-electron chi connectivity index (χ0n) is 16.3. The Balaban J connectivity index is 2.09. The van der Waals surface area contributed by atoms with Gasteiger partial charge in [-0.2, -0.15) is 0 Å². The van der Waals surface area contributed by atoms with Gasteiger partial charge in [-0.3, -0.25) is 0 Å². The van der Waals surface area contributed by atoms with Crippen LogP contribution in [0.15, 0.2) is 48.5 Å². The summed E-state index contributed by atoms with van der Waals surface area (Å²) in [4.78, 5) is 9.85. The van der Waals surface area contributed by atoms with Crippen LogP contribution in [0.25, 0.3) is 22.6 Å². The van der Waals surface area contributed by atoms with Crippen LogP contribution in [0.1, 0.15) is 48.6 Å². The summed E-state index contributed by atoms with van der Waals surface area (Å²) in [6, 6.07) is 17.1. The lowest BCUT2D eigenvalue weighted by molar-refractivity contribution is 0.712. The summed E-state index contributed by atoms with van der Waals surface area (Å²) in [5.41, 5.74) is 8.25. The molecular weight excluding hydrogens is 316 g/mol. The first kappa shape index (κ1) is 18.3. The summed E-state index contributed by atoms with van der Waals surface area (Å²) >= 11 is 0. The first-order valence-corrected chi connectivity index (χ1v) is 9.60. The normalized spacial score (nSPS) is 10.9. The highest BCUT2D eigenvalue weighted by atomic mass is 14.9. The van der Waals surface area contributed by atoms with E-state index in [1.165, 1.54) is 41.5 Å². The molecule has 0 spiro atoms. The predicted molar refractivity (Wildman–Crippen MR) is 110 cm³/mol. The zero-order chi connectivity index (χ0) is 18.5. The third kappa shape index (κ3) is 4.19. The van der Waals surface area contributed by atoms with E-state index in [1.54, 1.807) is 0 Å². The second kappa shape index (κ2) is 8.27. The van der Waals surface area contributed by atoms with Crippen molar-refractivity contribution in [3.8, 4) is 22.6 Å². The average molecular weight is 345 g/mol. The Morgan fingerprint density at radius 1 is 0.692 bits per heavy atom. The third-order valence-corrected chi connectivity index (χ3v) is 4.88. The van der Waals surface area contributed by atoms with Crippen LogP contribution in [0.4, 0.5) is 0 Å². The van der Waals surface area contributed by atoms with E-state index in [9.17, 15) is 0 Å². The zero-order valence-corrected chi connectivity index (χ0v) is 16.3. The average Bonchev–Trinajstić information content (AvgIpc) is 2.64. The van der Waals surface area contributed by atoms with Gasteiger partial charge < -0.3 is 0 Å². The highest BCUT2D eigenvalue weighted by molar-refractivity contribution is 5.68. The van der Waals surface area contributed by atoms with E-state index in [4.69, 9.17) is 9.97 Å². The number of hydrogen-bond acceptors (Lipinski definition) is 2. The molecule has 0 aliphatic rings. The minimum atomic E-state index is 0.817. The largest absolute Gasteiger partial charge is 0.233 e. The van der Waals surface area contributed by atoms with Gasteiger partial charge in [0.15, 0.2) is 5.82 Å². The molecule has 3 aromatic rings. The summed E-state index contributed by atoms with van der Waals surface area (Å²) in [6.45, 7) is 8.59. The fraction of sp³-hybridized carbons (Fsp3) is 0.333. The molecule has 0 bridgehead atoms. The molecular formula is C24H28N2. The van der Waals surface area contributed by atoms with E-state index in [0.29, 0.717) is 0 Å². The molecule has 0 aliphatic carbocycles. The maximum absolute atomic E-state index is 5.00. The first-order valence-electron chi connectivity index (χ1n) is 9.60. The SMILES string of the molecule is CCCCCc1c(C)nc(-c2ccc(C)cc2)nc1-c1ccc(C)cc1. The molecule has 2 nitrogen and oxygen atoms in total. The molecule has 26 heavy (non-hydrogen) atoms. The lowest BCUT2D eigenvalue weighted by Gasteiger charge is -2.14. The third-order valence-electron chi connectivity index (χ3n) is 4.88. The van der Waals surface area contributed by atoms with Gasteiger partial charge in [0.1, 0.15) is 0 Å². The van der Waals surface area contributed by atoms with E-state index in [-0.39, 0.29) is 0 Å². The van der Waals surface area contributed by atoms with E-state index in [2.05, 4.69) is 76.2 Å². The van der Waals surface area contributed by atoms with Gasteiger partial charge in [0.25, 0.3) is 0 Å². The highest BCUT2D eigenvalue weighted by Crippen LogP contribution is 2.28. The standard InChI is InChI=1S/C24H28N2/c1-5-6-7-8-22-19(4)25-24(21-15-11-18(3)12-16-21)26-23(22)20-13-9-17(2)10-14-20/h9-16H,5-8H2,1-4H3. The number of aryl methyl sites for hydroxylation is 3. The van der Waals surface area contributed by atoms with Crippen molar-refractivity contribution in [3.63, 3.8) is 0 Å². The smallest absolute Gasteiger partial charge is 0.160 e. The second-order valence-electron chi connectivity index (χ2n) is 7.15. The summed E-state index contributed by atoms with van der Waals surface area (Å²) in [5.74, 6) is 0.817. The molecule has 0 N–H and O–H groups in total. The van der Waals surface area contributed by atoms with Crippen LogP contribution in [0.5, 0.6) is 0 Å². The van der Waals surface area contributed by atoms with Crippen molar-refractivity contribution in [1.29, 1.82) is 0 Å². The number of aromatic nitrogens is 2. The number of benzene rings is 2. The topological polar surface area (TPSA) is 25.8 Å². The predicted octanol–water partition coefficient (Wildman–Crippen LogP) is 6.47. The van der Waals surface area contributed by atoms with E-state index >= 15 is 0 Å². The van der Waals surface area contributed by atoms with Gasteiger partial charge in [0.2, 0.25) is 0 Å². The van der Waals surface area contributed by atoms with Gasteiger partial charge in [0.05, 0.1) is 5.69 Å². The highest BCUT2D eigenvalue weighted by Gasteiger charge is 2.14. The molecule has 1 heterocycles. The van der Waals surface area contributed by atoms with Gasteiger partial charge in [-0.15, -0.1) is 0 Å². The molecule has 2 heteroatoms. The van der Waals surface area contributed by atoms with Gasteiger partial charge in [0, 0.05) is 16.8 Å². The molecule has 0 atom stereocenters. The first-order chi connectivity index (χ1) is 12.6. The van der Waals surface area contributed by atoms with Gasteiger partial charge in [-0.25, -0.2) is 9.97 Å². The Hall–Kier alpha value is -2.48. The van der Waals surface area contributed by atoms with Crippen LogP contribution in [-0.2, 0) is 6.42 Å². The van der Waals surface area contributed by atoms with Crippen molar-refractivity contribution in [2.45, 2.75) is 53.4 Å². The van der Waals surface area contributed by atoms with Gasteiger partial charge in [-0.05, 0) is 39.2 Å². The quantitative estimate of drug-likeness (QED) is 0.479. The van der Waals surface area contributed by atoms with Crippen LogP contribution in [0.3, 0.4) is 0 Å². The monoisotopic (exact) mass is 344 g/mol. The van der Waals surface area contributed by atoms with Crippen molar-refractivity contribution in [1.82, 2.24) is 9.97 Å². The van der Waals surface area contributed by atoms with Crippen LogP contribution < -0.4 is 0 Å². The fourth-order valence-electron chi connectivity index (χ4n) is 3.23. The van der Waals surface area contributed by atoms with E-state index in [1.807, 2.05) is 0 Å². The van der Waals surface area contributed by atoms with Crippen molar-refractivity contribution in [2.75, 3.05) is 0 Å². The molecule has 3 rings (SSSR count). The molecule has 134 valence electrons. The summed E-state index contributed by atoms with van der Waals surface area (Å²) in [5, 5.41) is 0. The van der Waals surface area contributed by atoms with Crippen molar-refractivity contribution < 1.29 is 0 Å². The van der Waals surface area contributed by atoms with Gasteiger partial charge >= 0.3 is 0 Å². The van der Waals surface area contributed by atoms with E-state index in [0.717, 1.165) is 29.2 Å². The van der Waals surface area contributed by atoms with Crippen LogP contribution >= 0.6 is 0 Å². The summed E-state index contributed by atoms with van der Waals surface area (Å²) in [6.07, 6.45) is 4.69. The Kier molecular flexibility index (Phi) is 5.82. The number of unbranched alkanes of at least 4 members (excludes halogenated alkanes) is 2. The Morgan fingerprint density at radius 2 is 1.27 bits per heavy atom. The Morgan fingerprint density at radius 3 is 1.85 bits per heavy atom. The lowest BCUT2D eigenvalue weighted by Crippen LogP contribution is -2.03. The molecule has 0 amide bonds. The molecule has 0 radical (unpaired) electrons. The molecule has 0 saturated heterocycles. The second-order valence-corrected chi connectivity index (χ2v) is 7.15. The number of rotatable bonds is 6. The molecule has 1 aromatic heterocycles. The Labute approximate surface area is 157 Å². The molecule has 0 aliphatic heterocycles. The van der Waals surface area contributed by atoms with Crippen molar-refractivity contribution >= 4 is 0 Å². The number of hydrogen-bond donors (Lipinski definition) is 0. The molecule has 0 unspecified atom stereocenters. The minimum absolute atomic E-state index is 0.817. The maximum Gasteiger partial charge on any atom is 0.160 e. The molecule has 2 aromatic carbocycles. The van der Waals surface area contributed by atoms with Crippen molar-refractivity contribution in [2.24, 2.45) is 0 Å². The van der Waals surface area contributed by atoms with Crippen LogP contribution in [0.2, 0.25) is 0 Å². The van der Waals surface area contributed by atoms with Crippen LogP contribution in [0, 0.1) is 20.8 Å². The van der Waals surface area contributed by atoms with Crippen LogP contribution in [-0.4, -0.2) is 9.97 Å². The Bertz CT molecular complexity index is 862. The number of nitrogens with zero attached hydrogens (tertiary/aromatic N) is 2. The maximum atomic E-state index is 5.00. The summed E-state index contributed by atoms with van der Waals surface area (Å²) < 4.78 is 0. The molecule has 0 saturated carbocycles. The fourth-order valence-corrected chi connectivity index (χ4v) is 3.23. The minimum Gasteiger partial charge on any atom is -0.233 e. The lowest BCUT2D eigenvalue weighted by atomic mass is 9.98. The molecule has 0 fully saturated rings. The van der Waals surface area contributed by atoms with Gasteiger partial charge in [-0.1, -0.05) is 79.4 Å². The van der Waals surface area contributed by atoms with Crippen molar-refractivity contribution in [3.05, 3.63) is 70.9 Å². The van der Waals surface area contributed by atoms with E-state index < -0.39 is 0 Å². The summed E-state index contributed by atoms with van der Waals surface area (Å²) in [7, 11) is 0.